The van der Waals surface area contributed by atoms with Crippen LogP contribution in [-0.2, 0) is 0 Å². The summed E-state index contributed by atoms with van der Waals surface area (Å²) in [5.74, 6) is -0.275. The molecule has 1 amide bonds. The number of methoxy groups -OCH3 is 1. The van der Waals surface area contributed by atoms with Gasteiger partial charge in [0.05, 0.1) is 19.3 Å². The van der Waals surface area contributed by atoms with E-state index in [0.29, 0.717) is 18.0 Å². The summed E-state index contributed by atoms with van der Waals surface area (Å²) in [4.78, 5) is 12.4. The van der Waals surface area contributed by atoms with Gasteiger partial charge in [0.1, 0.15) is 5.75 Å². The van der Waals surface area contributed by atoms with E-state index < -0.39 is 12.5 Å². The minimum Gasteiger partial charge on any atom is -0.494 e. The van der Waals surface area contributed by atoms with E-state index >= 15 is 0 Å². The predicted octanol–water partition coefficient (Wildman–Crippen LogP) is 3.95. The Balaban J connectivity index is 2.27. The smallest absolute Gasteiger partial charge is 0.387 e. The molecule has 0 aromatic heterocycles. The first-order chi connectivity index (χ1) is 11.5. The van der Waals surface area contributed by atoms with Crippen LogP contribution in [0.25, 0.3) is 0 Å². The monoisotopic (exact) mass is 337 g/mol. The molecule has 0 fully saturated rings. The van der Waals surface area contributed by atoms with Gasteiger partial charge in [0.2, 0.25) is 0 Å². The highest BCUT2D eigenvalue weighted by Crippen LogP contribution is 2.33. The zero-order valence-electron chi connectivity index (χ0n) is 13.2. The minimum absolute atomic E-state index is 0.0472. The van der Waals surface area contributed by atoms with Gasteiger partial charge in [-0.3, -0.25) is 4.79 Å². The van der Waals surface area contributed by atoms with E-state index in [9.17, 15) is 13.6 Å². The summed E-state index contributed by atoms with van der Waals surface area (Å²) in [7, 11) is 1.31. The fourth-order valence-corrected chi connectivity index (χ4v) is 2.09. The van der Waals surface area contributed by atoms with Gasteiger partial charge in [-0.15, -0.1) is 0 Å². The van der Waals surface area contributed by atoms with Gasteiger partial charge in [-0.1, -0.05) is 12.1 Å². The average molecular weight is 337 g/mol. The molecular formula is C17H17F2NO4. The Morgan fingerprint density at radius 3 is 2.62 bits per heavy atom. The molecule has 0 atom stereocenters. The second-order valence-corrected chi connectivity index (χ2v) is 4.63. The topological polar surface area (TPSA) is 56.8 Å². The summed E-state index contributed by atoms with van der Waals surface area (Å²) in [5.41, 5.74) is 0.410. The molecule has 0 aliphatic carbocycles. The lowest BCUT2D eigenvalue weighted by Crippen LogP contribution is -2.15. The zero-order chi connectivity index (χ0) is 17.5. The van der Waals surface area contributed by atoms with Crippen LogP contribution in [0.4, 0.5) is 14.5 Å². The maximum Gasteiger partial charge on any atom is 0.387 e. The average Bonchev–Trinajstić information content (AvgIpc) is 2.55. The van der Waals surface area contributed by atoms with Crippen LogP contribution in [0.3, 0.4) is 0 Å². The number of carbonyl (C=O) groups excluding carboxylic acids is 1. The molecule has 1 N–H and O–H groups in total. The molecule has 0 heterocycles. The van der Waals surface area contributed by atoms with Crippen LogP contribution in [0.2, 0.25) is 0 Å². The maximum atomic E-state index is 12.6. The molecule has 0 spiro atoms. The number of amides is 1. The lowest BCUT2D eigenvalue weighted by Gasteiger charge is -2.14. The van der Waals surface area contributed by atoms with Crippen LogP contribution in [0, 0.1) is 0 Å². The number of anilines is 1. The van der Waals surface area contributed by atoms with Gasteiger partial charge in [0, 0.05) is 11.8 Å². The third kappa shape index (κ3) is 4.34. The fraction of sp³-hybridized carbons (Fsp3) is 0.235. The van der Waals surface area contributed by atoms with Gasteiger partial charge < -0.3 is 19.5 Å². The Hall–Kier alpha value is -2.83. The Morgan fingerprint density at radius 1 is 1.21 bits per heavy atom. The molecule has 5 nitrogen and oxygen atoms in total. The Morgan fingerprint density at radius 2 is 1.96 bits per heavy atom. The molecule has 2 aromatic carbocycles. The van der Waals surface area contributed by atoms with Crippen LogP contribution in [0.15, 0.2) is 42.5 Å². The van der Waals surface area contributed by atoms with Gasteiger partial charge in [-0.2, -0.15) is 8.78 Å². The van der Waals surface area contributed by atoms with Gasteiger partial charge >= 0.3 is 6.61 Å². The van der Waals surface area contributed by atoms with E-state index in [4.69, 9.17) is 9.47 Å². The molecule has 128 valence electrons. The van der Waals surface area contributed by atoms with Crippen LogP contribution in [0.1, 0.15) is 17.3 Å². The van der Waals surface area contributed by atoms with Crippen molar-refractivity contribution in [3.05, 3.63) is 48.0 Å². The summed E-state index contributed by atoms with van der Waals surface area (Å²) in [6, 6.07) is 11.1. The molecule has 0 saturated carbocycles. The minimum atomic E-state index is -3.07. The highest BCUT2D eigenvalue weighted by atomic mass is 19.3. The second kappa shape index (κ2) is 8.14. The summed E-state index contributed by atoms with van der Waals surface area (Å²) in [6.07, 6.45) is 0. The van der Waals surface area contributed by atoms with E-state index in [1.54, 1.807) is 24.3 Å². The number of rotatable bonds is 7. The van der Waals surface area contributed by atoms with E-state index in [2.05, 4.69) is 10.1 Å². The van der Waals surface area contributed by atoms with Crippen LogP contribution >= 0.6 is 0 Å². The summed E-state index contributed by atoms with van der Waals surface area (Å²) in [5, 5.41) is 2.62. The Labute approximate surface area is 138 Å². The van der Waals surface area contributed by atoms with Crippen molar-refractivity contribution in [2.75, 3.05) is 19.0 Å². The first kappa shape index (κ1) is 17.5. The highest BCUT2D eigenvalue weighted by Gasteiger charge is 2.20. The summed E-state index contributed by atoms with van der Waals surface area (Å²) >= 11 is 0. The molecular weight excluding hydrogens is 320 g/mol. The van der Waals surface area contributed by atoms with Crippen LogP contribution in [-0.4, -0.2) is 26.2 Å². The number of halogens is 2. The molecule has 0 radical (unpaired) electrons. The quantitative estimate of drug-likeness (QED) is 0.831. The lowest BCUT2D eigenvalue weighted by atomic mass is 10.1. The number of carbonyl (C=O) groups is 1. The summed E-state index contributed by atoms with van der Waals surface area (Å²) in [6.45, 7) is -0.746. The van der Waals surface area contributed by atoms with Crippen molar-refractivity contribution in [1.29, 1.82) is 0 Å². The predicted molar refractivity (Wildman–Crippen MR) is 85.2 cm³/mol. The number of ether oxygens (including phenoxy) is 3. The maximum absolute atomic E-state index is 12.6. The van der Waals surface area contributed by atoms with Gasteiger partial charge in [0.15, 0.2) is 11.5 Å². The van der Waals surface area contributed by atoms with Crippen molar-refractivity contribution in [2.45, 2.75) is 13.5 Å². The molecule has 7 heteroatoms. The highest BCUT2D eigenvalue weighted by molar-refractivity contribution is 6.06. The molecule has 0 aliphatic rings. The van der Waals surface area contributed by atoms with E-state index in [-0.39, 0.29) is 17.1 Å². The van der Waals surface area contributed by atoms with Gasteiger partial charge in [-0.25, -0.2) is 0 Å². The third-order valence-electron chi connectivity index (χ3n) is 3.05. The Kier molecular flexibility index (Phi) is 5.95. The number of hydrogen-bond acceptors (Lipinski definition) is 4. The van der Waals surface area contributed by atoms with Crippen molar-refractivity contribution < 1.29 is 27.8 Å². The van der Waals surface area contributed by atoms with Crippen molar-refractivity contribution in [1.82, 2.24) is 0 Å². The number of benzene rings is 2. The van der Waals surface area contributed by atoms with Crippen molar-refractivity contribution in [3.63, 3.8) is 0 Å². The Bertz CT molecular complexity index is 707. The van der Waals surface area contributed by atoms with Crippen molar-refractivity contribution in [2.24, 2.45) is 0 Å². The molecule has 2 rings (SSSR count). The molecule has 24 heavy (non-hydrogen) atoms. The standard InChI is InChI=1S/C17H17F2NO4/c1-3-23-12-7-4-6-11(10-12)20-16(21)13-8-5-9-14(22-2)15(13)24-17(18)19/h4-10,17H,3H2,1-2H3,(H,20,21). The largest absolute Gasteiger partial charge is 0.494 e. The van der Waals surface area contributed by atoms with Gasteiger partial charge in [0.25, 0.3) is 5.91 Å². The van der Waals surface area contributed by atoms with Crippen molar-refractivity contribution in [3.8, 4) is 17.2 Å². The SMILES string of the molecule is CCOc1cccc(NC(=O)c2cccc(OC)c2OC(F)F)c1. The van der Waals surface area contributed by atoms with Gasteiger partial charge in [-0.05, 0) is 31.2 Å². The normalized spacial score (nSPS) is 10.4. The number of alkyl halides is 2. The first-order valence-corrected chi connectivity index (χ1v) is 7.21. The summed E-state index contributed by atoms with van der Waals surface area (Å²) < 4.78 is 40.0. The van der Waals surface area contributed by atoms with Crippen molar-refractivity contribution >= 4 is 11.6 Å². The molecule has 0 saturated heterocycles. The number of para-hydroxylation sites is 1. The molecule has 2 aromatic rings. The molecule has 0 bridgehead atoms. The van der Waals surface area contributed by atoms with Crippen LogP contribution in [0.5, 0.6) is 17.2 Å². The van der Waals surface area contributed by atoms with E-state index in [0.717, 1.165) is 0 Å². The first-order valence-electron chi connectivity index (χ1n) is 7.21. The number of nitrogens with one attached hydrogen (secondary N) is 1. The number of hydrogen-bond donors (Lipinski definition) is 1. The van der Waals surface area contributed by atoms with E-state index in [1.165, 1.54) is 25.3 Å². The second-order valence-electron chi connectivity index (χ2n) is 4.63. The fourth-order valence-electron chi connectivity index (χ4n) is 2.09. The van der Waals surface area contributed by atoms with Crippen LogP contribution < -0.4 is 19.5 Å². The third-order valence-corrected chi connectivity index (χ3v) is 3.05. The van der Waals surface area contributed by atoms with E-state index in [1.807, 2.05) is 6.92 Å². The molecule has 0 aliphatic heterocycles. The lowest BCUT2D eigenvalue weighted by molar-refractivity contribution is -0.0515. The molecule has 0 unspecified atom stereocenters. The zero-order valence-corrected chi connectivity index (χ0v) is 13.2.